The third-order valence-electron chi connectivity index (χ3n) is 6.08. The molecule has 4 atom stereocenters. The third-order valence-corrected chi connectivity index (χ3v) is 6.55. The van der Waals surface area contributed by atoms with Gasteiger partial charge in [0.15, 0.2) is 5.82 Å². The van der Waals surface area contributed by atoms with Gasteiger partial charge in [0, 0.05) is 22.9 Å². The van der Waals surface area contributed by atoms with Gasteiger partial charge in [-0.1, -0.05) is 30.3 Å². The largest absolute Gasteiger partial charge is 0.390 e. The minimum absolute atomic E-state index is 0.211. The molecule has 4 rings (SSSR count). The van der Waals surface area contributed by atoms with Gasteiger partial charge in [-0.15, -0.1) is 0 Å². The van der Waals surface area contributed by atoms with E-state index < -0.39 is 34.5 Å². The molecule has 2 aromatic carbocycles. The Labute approximate surface area is 201 Å². The van der Waals surface area contributed by atoms with Gasteiger partial charge >= 0.3 is 10.3 Å². The molecule has 5 N–H and O–H groups in total. The summed E-state index contributed by atoms with van der Waals surface area (Å²) in [5.74, 6) is -0.142. The number of aromatic nitrogens is 2. The van der Waals surface area contributed by atoms with Crippen molar-refractivity contribution in [3.05, 3.63) is 54.4 Å². The number of aliphatic hydroxyl groups excluding tert-OH is 2. The number of aliphatic hydroxyl groups is 2. The third kappa shape index (κ3) is 5.11. The van der Waals surface area contributed by atoms with E-state index in [4.69, 9.17) is 5.14 Å². The fourth-order valence-corrected chi connectivity index (χ4v) is 4.72. The van der Waals surface area contributed by atoms with Crippen LogP contribution in [0.1, 0.15) is 13.3 Å². The van der Waals surface area contributed by atoms with E-state index in [1.165, 1.54) is 10.7 Å². The fourth-order valence-electron chi connectivity index (χ4n) is 4.36. The lowest BCUT2D eigenvalue weighted by atomic mass is 10.0. The van der Waals surface area contributed by atoms with Gasteiger partial charge in [0.25, 0.3) is 0 Å². The summed E-state index contributed by atoms with van der Waals surface area (Å²) in [5.41, 5.74) is 1.24. The maximum atomic E-state index is 14.3. The normalized spacial score (nSPS) is 23.1. The lowest BCUT2D eigenvalue weighted by Gasteiger charge is -2.21. The average molecular weight is 504 g/mol. The lowest BCUT2D eigenvalue weighted by molar-refractivity contribution is 0.00412. The van der Waals surface area contributed by atoms with Crippen LogP contribution in [0.15, 0.2) is 53.5 Å². The maximum absolute atomic E-state index is 14.3. The second kappa shape index (κ2) is 9.84. The number of nitrogens with one attached hydrogen (secondary N) is 1. The number of fused-ring (bicyclic) bond motifs is 1. The first-order chi connectivity index (χ1) is 16.6. The number of hydrogen-bond donors (Lipinski definition) is 4. The summed E-state index contributed by atoms with van der Waals surface area (Å²) in [7, 11) is -4.17. The van der Waals surface area contributed by atoms with E-state index in [1.54, 1.807) is 37.3 Å². The molecule has 35 heavy (non-hydrogen) atoms. The van der Waals surface area contributed by atoms with Crippen LogP contribution in [0.25, 0.3) is 27.9 Å². The first kappa shape index (κ1) is 24.9. The molecule has 0 radical (unpaired) electrons. The van der Waals surface area contributed by atoms with E-state index in [0.29, 0.717) is 33.7 Å². The van der Waals surface area contributed by atoms with Crippen LogP contribution in [-0.2, 0) is 14.5 Å². The predicted octanol–water partition coefficient (Wildman–Crippen LogP) is 1.91. The molecule has 10 nitrogen and oxygen atoms in total. The summed E-state index contributed by atoms with van der Waals surface area (Å²) in [5, 5.41) is 34.7. The molecule has 0 aliphatic heterocycles. The Morgan fingerprint density at radius 1 is 1.31 bits per heavy atom. The zero-order valence-corrected chi connectivity index (χ0v) is 19.7. The van der Waals surface area contributed by atoms with Gasteiger partial charge in [-0.2, -0.15) is 18.2 Å². The van der Waals surface area contributed by atoms with Crippen molar-refractivity contribution in [1.29, 1.82) is 0 Å². The van der Waals surface area contributed by atoms with E-state index in [1.807, 2.05) is 12.1 Å². The SMILES string of the molecule is C=Nc1cc(-c2cccc3c(F)cccc23)nn1/C(=C\C)N[C@@H]1C[C@H](COS(N)(=O)=O)[C@@H](O)C1O. The molecule has 0 bridgehead atoms. The number of aliphatic imine (C=N–C) groups is 1. The zero-order valence-electron chi connectivity index (χ0n) is 18.9. The molecule has 1 fully saturated rings. The van der Waals surface area contributed by atoms with E-state index >= 15 is 0 Å². The number of benzene rings is 2. The Kier molecular flexibility index (Phi) is 7.01. The standard InChI is InChI=1S/C23H26FN5O5S/c1-3-20(27-19-10-13(22(30)23(19)31)12-34-35(25,32)33)29-21(26-2)11-18(28-29)16-8-4-7-15-14(16)6-5-9-17(15)24/h3-9,11,13,19,22-23,27,30-31H,2,10,12H2,1H3,(H2,25,32,33)/b20-3-/t13-,19-,22-,23?/m1/s1. The topological polar surface area (TPSA) is 152 Å². The van der Waals surface area contributed by atoms with Crippen molar-refractivity contribution in [1.82, 2.24) is 15.1 Å². The molecule has 12 heteroatoms. The summed E-state index contributed by atoms with van der Waals surface area (Å²) in [6.45, 7) is 5.00. The van der Waals surface area contributed by atoms with Crippen molar-refractivity contribution < 1.29 is 27.2 Å². The number of hydrogen-bond acceptors (Lipinski definition) is 8. The van der Waals surface area contributed by atoms with Crippen molar-refractivity contribution in [3.63, 3.8) is 0 Å². The molecular formula is C23H26FN5O5S. The van der Waals surface area contributed by atoms with Crippen molar-refractivity contribution in [2.45, 2.75) is 31.6 Å². The molecule has 1 heterocycles. The van der Waals surface area contributed by atoms with Crippen LogP contribution >= 0.6 is 0 Å². The highest BCUT2D eigenvalue weighted by molar-refractivity contribution is 7.84. The van der Waals surface area contributed by atoms with Gasteiger partial charge < -0.3 is 15.5 Å². The molecule has 1 saturated carbocycles. The van der Waals surface area contributed by atoms with Gasteiger partial charge in [0.05, 0.1) is 24.4 Å². The summed E-state index contributed by atoms with van der Waals surface area (Å²) in [6, 6.07) is 11.2. The average Bonchev–Trinajstić information content (AvgIpc) is 3.37. The van der Waals surface area contributed by atoms with E-state index in [-0.39, 0.29) is 18.8 Å². The number of rotatable bonds is 8. The molecule has 1 aliphatic carbocycles. The Bertz CT molecular complexity index is 1390. The smallest absolute Gasteiger partial charge is 0.333 e. The van der Waals surface area contributed by atoms with E-state index in [2.05, 4.69) is 26.3 Å². The molecule has 186 valence electrons. The van der Waals surface area contributed by atoms with Crippen LogP contribution in [-0.4, -0.2) is 60.0 Å². The quantitative estimate of drug-likeness (QED) is 0.343. The Hall–Kier alpha value is -3.16. The molecule has 3 aromatic rings. The van der Waals surface area contributed by atoms with Crippen LogP contribution in [0.4, 0.5) is 10.2 Å². The molecule has 0 spiro atoms. The van der Waals surface area contributed by atoms with Gasteiger partial charge in [-0.05, 0) is 37.6 Å². The maximum Gasteiger partial charge on any atom is 0.333 e. The number of allylic oxidation sites excluding steroid dienone is 1. The Morgan fingerprint density at radius 3 is 2.71 bits per heavy atom. The predicted molar refractivity (Wildman–Crippen MR) is 130 cm³/mol. The first-order valence-corrected chi connectivity index (χ1v) is 12.3. The lowest BCUT2D eigenvalue weighted by Crippen LogP contribution is -2.40. The molecular weight excluding hydrogens is 477 g/mol. The molecule has 1 unspecified atom stereocenters. The van der Waals surface area contributed by atoms with Gasteiger partial charge in [-0.25, -0.2) is 14.5 Å². The van der Waals surface area contributed by atoms with E-state index in [9.17, 15) is 23.0 Å². The summed E-state index contributed by atoms with van der Waals surface area (Å²) < 4.78 is 42.6. The summed E-state index contributed by atoms with van der Waals surface area (Å²) in [4.78, 5) is 4.05. The number of nitrogens with zero attached hydrogens (tertiary/aromatic N) is 3. The Balaban J connectivity index is 1.62. The molecule has 0 amide bonds. The second-order valence-corrected chi connectivity index (χ2v) is 9.50. The minimum atomic E-state index is -4.17. The monoisotopic (exact) mass is 503 g/mol. The van der Waals surface area contributed by atoms with Crippen LogP contribution in [0.5, 0.6) is 0 Å². The molecule has 1 aliphatic rings. The van der Waals surface area contributed by atoms with Crippen molar-refractivity contribution >= 4 is 39.4 Å². The second-order valence-electron chi connectivity index (χ2n) is 8.28. The van der Waals surface area contributed by atoms with Crippen molar-refractivity contribution in [2.24, 2.45) is 16.0 Å². The van der Waals surface area contributed by atoms with Crippen molar-refractivity contribution in [3.8, 4) is 11.3 Å². The molecule has 1 aromatic heterocycles. The highest BCUT2D eigenvalue weighted by atomic mass is 32.2. The number of nitrogens with two attached hydrogens (primary N) is 1. The van der Waals surface area contributed by atoms with Crippen LogP contribution in [0.2, 0.25) is 0 Å². The zero-order chi connectivity index (χ0) is 25.3. The van der Waals surface area contributed by atoms with Gasteiger partial charge in [0.2, 0.25) is 0 Å². The number of halogens is 1. The van der Waals surface area contributed by atoms with Crippen LogP contribution < -0.4 is 10.5 Å². The first-order valence-electron chi connectivity index (χ1n) is 10.8. The summed E-state index contributed by atoms with van der Waals surface area (Å²) >= 11 is 0. The minimum Gasteiger partial charge on any atom is -0.390 e. The van der Waals surface area contributed by atoms with E-state index in [0.717, 1.165) is 0 Å². The highest BCUT2D eigenvalue weighted by Gasteiger charge is 2.42. The fraction of sp³-hybridized carbons (Fsp3) is 0.304. The molecule has 0 saturated heterocycles. The van der Waals surface area contributed by atoms with Crippen molar-refractivity contribution in [2.75, 3.05) is 6.61 Å². The van der Waals surface area contributed by atoms with Gasteiger partial charge in [0.1, 0.15) is 17.7 Å². The highest BCUT2D eigenvalue weighted by Crippen LogP contribution is 2.33. The Morgan fingerprint density at radius 2 is 2.03 bits per heavy atom. The van der Waals surface area contributed by atoms with Crippen LogP contribution in [0.3, 0.4) is 0 Å². The van der Waals surface area contributed by atoms with Gasteiger partial charge in [-0.3, -0.25) is 4.18 Å². The van der Waals surface area contributed by atoms with Crippen LogP contribution in [0, 0.1) is 11.7 Å². The summed E-state index contributed by atoms with van der Waals surface area (Å²) in [6.07, 6.45) is -0.497.